The Balaban J connectivity index is 1.18. The number of nitrogens with two attached hydrogens (primary N) is 1. The monoisotopic (exact) mass is 741 g/mol. The van der Waals surface area contributed by atoms with E-state index in [1.54, 1.807) is 24.3 Å². The number of piperidine rings is 1. The lowest BCUT2D eigenvalue weighted by Crippen LogP contribution is -2.42. The lowest BCUT2D eigenvalue weighted by molar-refractivity contribution is 0.171. The standard InChI is InChI=1S/C40H52ClN9O3/c1-26-11-9-10-20-49(26)39-47-46-37-19-15-28(25-50(37)39)53-33-18-17-32(29-12-7-8-13-30(29)33)44-38(51)45-36(24-35(42)40(2,3)4)43-27-14-16-31(41)34(23-27)52-22-21-48(5)6/h7-8,12-16,19,23-26,32-33H,9-11,17-18,20-22,42H2,1-6H3,(H2,43,44,45,51)/t26-,32?,33+/m0/s1. The molecule has 0 spiro atoms. The Morgan fingerprint density at radius 3 is 2.62 bits per heavy atom. The van der Waals surface area contributed by atoms with Crippen molar-refractivity contribution >= 4 is 40.8 Å². The van der Waals surface area contributed by atoms with E-state index >= 15 is 0 Å². The summed E-state index contributed by atoms with van der Waals surface area (Å²) in [6, 6.07) is 17.0. The first kappa shape index (κ1) is 37.9. The van der Waals surface area contributed by atoms with Gasteiger partial charge in [0, 0.05) is 42.4 Å². The summed E-state index contributed by atoms with van der Waals surface area (Å²) in [5.41, 5.74) is 10.1. The second-order valence-electron chi connectivity index (χ2n) is 15.2. The smallest absolute Gasteiger partial charge is 0.320 e. The molecule has 1 aliphatic carbocycles. The van der Waals surface area contributed by atoms with Gasteiger partial charge in [-0.15, -0.1) is 10.2 Å². The molecular formula is C40H52ClN9O3. The Hall–Kier alpha value is -4.81. The minimum absolute atomic E-state index is 0.190. The number of likely N-dealkylation sites (N-methyl/N-ethyl adjacent to an activating group) is 1. The third-order valence-corrected chi connectivity index (χ3v) is 10.1. The number of hydrogen-bond acceptors (Lipinski definition) is 9. The van der Waals surface area contributed by atoms with Crippen LogP contribution >= 0.6 is 11.6 Å². The van der Waals surface area contributed by atoms with Gasteiger partial charge in [-0.2, -0.15) is 0 Å². The first-order chi connectivity index (χ1) is 25.4. The van der Waals surface area contributed by atoms with Crippen LogP contribution in [-0.4, -0.2) is 71.2 Å². The second kappa shape index (κ2) is 16.5. The molecule has 2 aromatic heterocycles. The van der Waals surface area contributed by atoms with Crippen molar-refractivity contribution in [2.75, 3.05) is 38.7 Å². The lowest BCUT2D eigenvalue weighted by Gasteiger charge is -2.33. The van der Waals surface area contributed by atoms with Crippen molar-refractivity contribution in [3.63, 3.8) is 0 Å². The number of benzene rings is 2. The summed E-state index contributed by atoms with van der Waals surface area (Å²) in [7, 11) is 3.96. The minimum Gasteiger partial charge on any atom is -0.491 e. The Labute approximate surface area is 317 Å². The number of carbonyl (C=O) groups excluding carboxylic acids is 1. The normalized spacial score (nSPS) is 19.6. The van der Waals surface area contributed by atoms with E-state index in [9.17, 15) is 4.79 Å². The Morgan fingerprint density at radius 2 is 1.87 bits per heavy atom. The number of rotatable bonds is 10. The van der Waals surface area contributed by atoms with E-state index in [0.717, 1.165) is 54.4 Å². The molecule has 2 aliphatic rings. The predicted octanol–water partition coefficient (Wildman–Crippen LogP) is 7.58. The Bertz CT molecular complexity index is 1970. The molecule has 2 aromatic carbocycles. The number of halogens is 1. The van der Waals surface area contributed by atoms with E-state index in [1.165, 1.54) is 6.42 Å². The molecule has 4 aromatic rings. The molecule has 13 heteroatoms. The number of allylic oxidation sites excluding steroid dienone is 1. The van der Waals surface area contributed by atoms with Crippen LogP contribution in [0.15, 0.2) is 77.6 Å². The van der Waals surface area contributed by atoms with Crippen LogP contribution in [0.1, 0.15) is 83.1 Å². The van der Waals surface area contributed by atoms with Crippen LogP contribution in [0.4, 0.5) is 16.4 Å². The van der Waals surface area contributed by atoms with Gasteiger partial charge in [-0.1, -0.05) is 56.6 Å². The maximum atomic E-state index is 13.7. The van der Waals surface area contributed by atoms with E-state index in [-0.39, 0.29) is 17.6 Å². The number of aliphatic imine (C=N–C) groups is 1. The molecular weight excluding hydrogens is 690 g/mol. The fraction of sp³-hybridized carbons (Fsp3) is 0.450. The van der Waals surface area contributed by atoms with E-state index < -0.39 is 6.03 Å². The third-order valence-electron chi connectivity index (χ3n) is 9.80. The average Bonchev–Trinajstić information content (AvgIpc) is 3.53. The number of pyridine rings is 1. The van der Waals surface area contributed by atoms with Gasteiger partial charge in [-0.05, 0) is 88.5 Å². The van der Waals surface area contributed by atoms with Crippen LogP contribution in [0.2, 0.25) is 5.02 Å². The molecule has 3 heterocycles. The number of ether oxygens (including phenoxy) is 2. The molecule has 12 nitrogen and oxygen atoms in total. The maximum Gasteiger partial charge on any atom is 0.320 e. The fourth-order valence-corrected chi connectivity index (χ4v) is 6.80. The van der Waals surface area contributed by atoms with Gasteiger partial charge in [-0.3, -0.25) is 9.72 Å². The van der Waals surface area contributed by atoms with Gasteiger partial charge in [0.05, 0.1) is 22.9 Å². The zero-order valence-corrected chi connectivity index (χ0v) is 32.4. The Kier molecular flexibility index (Phi) is 11.8. The van der Waals surface area contributed by atoms with Crippen LogP contribution in [0.25, 0.3) is 5.65 Å². The Morgan fingerprint density at radius 1 is 1.08 bits per heavy atom. The molecule has 4 N–H and O–H groups in total. The van der Waals surface area contributed by atoms with Crippen LogP contribution in [-0.2, 0) is 0 Å². The van der Waals surface area contributed by atoms with Crippen molar-refractivity contribution in [2.24, 2.45) is 16.1 Å². The average molecular weight is 742 g/mol. The minimum atomic E-state index is -0.394. The highest BCUT2D eigenvalue weighted by atomic mass is 35.5. The molecule has 6 rings (SSSR count). The first-order valence-electron chi connectivity index (χ1n) is 18.4. The summed E-state index contributed by atoms with van der Waals surface area (Å²) < 4.78 is 14.6. The van der Waals surface area contributed by atoms with Gasteiger partial charge in [0.15, 0.2) is 5.65 Å². The molecule has 0 bridgehead atoms. The zero-order chi connectivity index (χ0) is 37.7. The van der Waals surface area contributed by atoms with Crippen molar-refractivity contribution in [1.29, 1.82) is 0 Å². The number of amides is 2. The number of hydrogen-bond donors (Lipinski definition) is 3. The molecule has 1 fully saturated rings. The third kappa shape index (κ3) is 9.41. The van der Waals surface area contributed by atoms with Gasteiger partial charge < -0.3 is 30.3 Å². The summed E-state index contributed by atoms with van der Waals surface area (Å²) in [4.78, 5) is 22.8. The number of urea groups is 1. The van der Waals surface area contributed by atoms with Gasteiger partial charge in [0.1, 0.15) is 30.0 Å². The van der Waals surface area contributed by atoms with Crippen LogP contribution in [0.3, 0.4) is 0 Å². The van der Waals surface area contributed by atoms with Crippen LogP contribution in [0, 0.1) is 5.41 Å². The zero-order valence-electron chi connectivity index (χ0n) is 31.6. The van der Waals surface area contributed by atoms with E-state index in [0.29, 0.717) is 53.5 Å². The van der Waals surface area contributed by atoms with Gasteiger partial charge in [0.25, 0.3) is 0 Å². The quantitative estimate of drug-likeness (QED) is 0.112. The maximum absolute atomic E-state index is 13.7. The van der Waals surface area contributed by atoms with Gasteiger partial charge >= 0.3 is 6.03 Å². The van der Waals surface area contributed by atoms with E-state index in [1.807, 2.05) is 80.7 Å². The molecule has 282 valence electrons. The van der Waals surface area contributed by atoms with Crippen molar-refractivity contribution in [3.8, 4) is 11.5 Å². The molecule has 1 saturated heterocycles. The SMILES string of the molecule is C[C@H]1CCCCN1c1nnc2ccc(O[C@@H]3CCC(NC(=O)NC(C=C(N)C(C)(C)C)=Nc4ccc(Cl)c(OCCN(C)C)c4)c4ccccc43)cn12. The number of aromatic nitrogens is 3. The summed E-state index contributed by atoms with van der Waals surface area (Å²) in [5.74, 6) is 2.40. The first-order valence-corrected chi connectivity index (χ1v) is 18.8. The summed E-state index contributed by atoms with van der Waals surface area (Å²) in [5, 5.41) is 15.6. The second-order valence-corrected chi connectivity index (χ2v) is 15.6. The van der Waals surface area contributed by atoms with E-state index in [2.05, 4.69) is 38.7 Å². The topological polar surface area (TPSA) is 135 Å². The number of carbonyl (C=O) groups is 1. The summed E-state index contributed by atoms with van der Waals surface area (Å²) in [6.45, 7) is 10.4. The number of nitrogens with one attached hydrogen (secondary N) is 2. The van der Waals surface area contributed by atoms with Gasteiger partial charge in [0.2, 0.25) is 5.95 Å². The van der Waals surface area contributed by atoms with Crippen molar-refractivity contribution in [3.05, 3.63) is 88.7 Å². The van der Waals surface area contributed by atoms with Crippen molar-refractivity contribution in [1.82, 2.24) is 30.1 Å². The molecule has 0 saturated carbocycles. The highest BCUT2D eigenvalue weighted by Crippen LogP contribution is 2.39. The summed E-state index contributed by atoms with van der Waals surface area (Å²) in [6.07, 6.45) is 8.40. The van der Waals surface area contributed by atoms with Crippen molar-refractivity contribution in [2.45, 2.75) is 78.0 Å². The molecule has 1 unspecified atom stereocenters. The van der Waals surface area contributed by atoms with Crippen molar-refractivity contribution < 1.29 is 14.3 Å². The number of anilines is 1. The van der Waals surface area contributed by atoms with Crippen LogP contribution in [0.5, 0.6) is 11.5 Å². The molecule has 1 aliphatic heterocycles. The number of fused-ring (bicyclic) bond motifs is 2. The largest absolute Gasteiger partial charge is 0.491 e. The molecule has 0 radical (unpaired) electrons. The highest BCUT2D eigenvalue weighted by Gasteiger charge is 2.30. The molecule has 2 amide bonds. The van der Waals surface area contributed by atoms with E-state index in [4.69, 9.17) is 31.8 Å². The van der Waals surface area contributed by atoms with Crippen LogP contribution < -0.4 is 30.7 Å². The number of amidine groups is 1. The predicted molar refractivity (Wildman–Crippen MR) is 211 cm³/mol. The molecule has 3 atom stereocenters. The fourth-order valence-electron chi connectivity index (χ4n) is 6.63. The lowest BCUT2D eigenvalue weighted by atomic mass is 9.85. The van der Waals surface area contributed by atoms with Gasteiger partial charge in [-0.25, -0.2) is 9.79 Å². The highest BCUT2D eigenvalue weighted by molar-refractivity contribution is 6.32. The molecule has 53 heavy (non-hydrogen) atoms. The summed E-state index contributed by atoms with van der Waals surface area (Å²) >= 11 is 6.42. The number of nitrogens with zero attached hydrogens (tertiary/aromatic N) is 6.